The predicted octanol–water partition coefficient (Wildman–Crippen LogP) is 4.11. The van der Waals surface area contributed by atoms with Crippen LogP contribution in [0, 0.1) is 0 Å². The molecule has 9 heteroatoms. The zero-order valence-electron chi connectivity index (χ0n) is 15.0. The normalized spacial score (nSPS) is 10.3. The third kappa shape index (κ3) is 6.27. The summed E-state index contributed by atoms with van der Waals surface area (Å²) in [6.45, 7) is -0.123. The van der Waals surface area contributed by atoms with Crippen LogP contribution in [0.15, 0.2) is 69.6 Å². The molecule has 0 saturated heterocycles. The molecule has 0 fully saturated rings. The van der Waals surface area contributed by atoms with Crippen molar-refractivity contribution in [3.05, 3.63) is 81.7 Å². The molecule has 7 nitrogen and oxygen atoms in total. The zero-order chi connectivity index (χ0) is 20.6. The van der Waals surface area contributed by atoms with Gasteiger partial charge in [0, 0.05) is 5.02 Å². The number of amides is 2. The second-order valence-corrected chi connectivity index (χ2v) is 7.02. The van der Waals surface area contributed by atoms with Crippen LogP contribution in [0.3, 0.4) is 0 Å². The van der Waals surface area contributed by atoms with Crippen LogP contribution in [0.2, 0.25) is 5.02 Å². The number of hydrogen-bond acceptors (Lipinski definition) is 5. The molecule has 2 N–H and O–H groups in total. The lowest BCUT2D eigenvalue weighted by Gasteiger charge is -2.09. The van der Waals surface area contributed by atoms with Gasteiger partial charge < -0.3 is 13.9 Å². The van der Waals surface area contributed by atoms with Crippen LogP contribution in [0.4, 0.5) is 0 Å². The third-order valence-corrected chi connectivity index (χ3v) is 4.43. The van der Waals surface area contributed by atoms with Crippen LogP contribution in [-0.4, -0.2) is 18.4 Å². The third-order valence-electron chi connectivity index (χ3n) is 3.58. The van der Waals surface area contributed by atoms with Crippen molar-refractivity contribution >= 4 is 39.3 Å². The summed E-state index contributed by atoms with van der Waals surface area (Å²) in [5.41, 5.74) is 4.51. The number of benzene rings is 2. The number of para-hydroxylation sites is 1. The van der Waals surface area contributed by atoms with Gasteiger partial charge in [0.1, 0.15) is 23.9 Å². The Kier molecular flexibility index (Phi) is 7.15. The fourth-order valence-electron chi connectivity index (χ4n) is 2.21. The van der Waals surface area contributed by atoms with E-state index in [0.29, 0.717) is 26.8 Å². The Bertz CT molecular complexity index is 994. The number of nitrogens with one attached hydrogen (secondary N) is 2. The number of furan rings is 1. The smallest absolute Gasteiger partial charge is 0.305 e. The summed E-state index contributed by atoms with van der Waals surface area (Å²) >= 11 is 9.13. The number of hydrogen-bond donors (Lipinski definition) is 2. The predicted molar refractivity (Wildman–Crippen MR) is 110 cm³/mol. The molecule has 0 spiro atoms. The average Bonchev–Trinajstić information content (AvgIpc) is 3.20. The molecule has 3 rings (SSSR count). The lowest BCUT2D eigenvalue weighted by Crippen LogP contribution is -2.43. The van der Waals surface area contributed by atoms with E-state index in [1.165, 1.54) is 6.07 Å². The standard InChI is InChI=1S/C20H16BrClN2O5/c21-16-10-13(22)6-8-17(16)28-12-19(25)23-24-20(26)18-9-7-15(29-18)11-27-14-4-2-1-3-5-14/h1-10H,11-12H2,(H,23,25)(H,24,26). The second-order valence-electron chi connectivity index (χ2n) is 5.73. The van der Waals surface area contributed by atoms with Gasteiger partial charge in [-0.2, -0.15) is 0 Å². The molecule has 0 aliphatic carbocycles. The van der Waals surface area contributed by atoms with E-state index in [-0.39, 0.29) is 19.0 Å². The molecule has 0 aliphatic rings. The minimum absolute atomic E-state index is 0.0401. The highest BCUT2D eigenvalue weighted by atomic mass is 79.9. The highest BCUT2D eigenvalue weighted by molar-refractivity contribution is 9.10. The van der Waals surface area contributed by atoms with E-state index in [2.05, 4.69) is 26.8 Å². The molecule has 3 aromatic rings. The lowest BCUT2D eigenvalue weighted by atomic mass is 10.3. The molecule has 0 unspecified atom stereocenters. The van der Waals surface area contributed by atoms with Crippen LogP contribution in [0.25, 0.3) is 0 Å². The molecule has 1 aromatic heterocycles. The second kappa shape index (κ2) is 9.99. The minimum atomic E-state index is -0.600. The van der Waals surface area contributed by atoms with Crippen molar-refractivity contribution in [3.8, 4) is 11.5 Å². The molecule has 0 aliphatic heterocycles. The zero-order valence-corrected chi connectivity index (χ0v) is 17.3. The Hall–Kier alpha value is -2.97. The van der Waals surface area contributed by atoms with Crippen molar-refractivity contribution in [2.45, 2.75) is 6.61 Å². The Balaban J connectivity index is 1.43. The van der Waals surface area contributed by atoms with Crippen molar-refractivity contribution < 1.29 is 23.5 Å². The summed E-state index contributed by atoms with van der Waals surface area (Å²) in [6.07, 6.45) is 0. The van der Waals surface area contributed by atoms with E-state index in [0.717, 1.165) is 0 Å². The van der Waals surface area contributed by atoms with E-state index >= 15 is 0 Å². The highest BCUT2D eigenvalue weighted by Gasteiger charge is 2.13. The first kappa shape index (κ1) is 20.8. The number of ether oxygens (including phenoxy) is 2. The number of hydrazine groups is 1. The van der Waals surface area contributed by atoms with Crippen LogP contribution in [0.1, 0.15) is 16.3 Å². The first-order chi connectivity index (χ1) is 14.0. The van der Waals surface area contributed by atoms with Gasteiger partial charge in [0.15, 0.2) is 12.4 Å². The monoisotopic (exact) mass is 478 g/mol. The van der Waals surface area contributed by atoms with Gasteiger partial charge in [-0.1, -0.05) is 29.8 Å². The Morgan fingerprint density at radius 1 is 1.00 bits per heavy atom. The highest BCUT2D eigenvalue weighted by Crippen LogP contribution is 2.27. The van der Waals surface area contributed by atoms with Crippen LogP contribution >= 0.6 is 27.5 Å². The fraction of sp³-hybridized carbons (Fsp3) is 0.100. The van der Waals surface area contributed by atoms with Crippen LogP contribution in [0.5, 0.6) is 11.5 Å². The summed E-state index contributed by atoms with van der Waals surface area (Å²) in [6, 6.07) is 17.3. The van der Waals surface area contributed by atoms with Gasteiger partial charge in [-0.3, -0.25) is 20.4 Å². The fourth-order valence-corrected chi connectivity index (χ4v) is 3.01. The molecule has 0 atom stereocenters. The van der Waals surface area contributed by atoms with E-state index < -0.39 is 11.8 Å². The molecule has 29 heavy (non-hydrogen) atoms. The van der Waals surface area contributed by atoms with Crippen LogP contribution < -0.4 is 20.3 Å². The maximum absolute atomic E-state index is 12.1. The van der Waals surface area contributed by atoms with Gasteiger partial charge in [-0.25, -0.2) is 0 Å². The first-order valence-corrected chi connectivity index (χ1v) is 9.62. The molecule has 0 saturated carbocycles. The summed E-state index contributed by atoms with van der Waals surface area (Å²) in [5.74, 6) is 0.510. The van der Waals surface area contributed by atoms with E-state index in [1.807, 2.05) is 30.3 Å². The van der Waals surface area contributed by atoms with Gasteiger partial charge in [0.05, 0.1) is 4.47 Å². The minimum Gasteiger partial charge on any atom is -0.486 e. The number of carbonyl (C=O) groups is 2. The average molecular weight is 480 g/mol. The lowest BCUT2D eigenvalue weighted by molar-refractivity contribution is -0.123. The molecule has 1 heterocycles. The molecular weight excluding hydrogens is 464 g/mol. The summed E-state index contributed by atoms with van der Waals surface area (Å²) in [4.78, 5) is 23.9. The molecule has 2 amide bonds. The van der Waals surface area contributed by atoms with Crippen molar-refractivity contribution in [1.29, 1.82) is 0 Å². The molecule has 0 bridgehead atoms. The maximum Gasteiger partial charge on any atom is 0.305 e. The molecule has 2 aromatic carbocycles. The largest absolute Gasteiger partial charge is 0.486 e. The molecule has 150 valence electrons. The first-order valence-electron chi connectivity index (χ1n) is 8.45. The van der Waals surface area contributed by atoms with Gasteiger partial charge in [0.2, 0.25) is 0 Å². The Morgan fingerprint density at radius 3 is 2.55 bits per heavy atom. The Labute approximate surface area is 180 Å². The summed E-state index contributed by atoms with van der Waals surface area (Å²) in [7, 11) is 0. The van der Waals surface area contributed by atoms with E-state index in [9.17, 15) is 9.59 Å². The van der Waals surface area contributed by atoms with Crippen molar-refractivity contribution in [2.24, 2.45) is 0 Å². The number of carbonyl (C=O) groups excluding carboxylic acids is 2. The van der Waals surface area contributed by atoms with Gasteiger partial charge >= 0.3 is 5.91 Å². The summed E-state index contributed by atoms with van der Waals surface area (Å²) in [5, 5.41) is 0.535. The van der Waals surface area contributed by atoms with Crippen molar-refractivity contribution in [2.75, 3.05) is 6.61 Å². The molecule has 0 radical (unpaired) electrons. The summed E-state index contributed by atoms with van der Waals surface area (Å²) < 4.78 is 16.9. The van der Waals surface area contributed by atoms with Gasteiger partial charge in [-0.05, 0) is 58.4 Å². The van der Waals surface area contributed by atoms with E-state index in [4.69, 9.17) is 25.5 Å². The molecular formula is C20H16BrClN2O5. The quantitative estimate of drug-likeness (QED) is 0.498. The Morgan fingerprint density at radius 2 is 1.79 bits per heavy atom. The van der Waals surface area contributed by atoms with E-state index in [1.54, 1.807) is 24.3 Å². The SMILES string of the molecule is O=C(COc1ccc(Cl)cc1Br)NNC(=O)c1ccc(COc2ccccc2)o1. The van der Waals surface area contributed by atoms with Gasteiger partial charge in [-0.15, -0.1) is 0 Å². The van der Waals surface area contributed by atoms with Crippen molar-refractivity contribution in [3.63, 3.8) is 0 Å². The number of rotatable bonds is 7. The number of halogens is 2. The topological polar surface area (TPSA) is 89.8 Å². The van der Waals surface area contributed by atoms with Crippen molar-refractivity contribution in [1.82, 2.24) is 10.9 Å². The maximum atomic E-state index is 12.1. The van der Waals surface area contributed by atoms with Gasteiger partial charge in [0.25, 0.3) is 5.91 Å². The van der Waals surface area contributed by atoms with Crippen LogP contribution in [-0.2, 0) is 11.4 Å².